The van der Waals surface area contributed by atoms with E-state index in [0.717, 1.165) is 41.2 Å². The van der Waals surface area contributed by atoms with Crippen molar-refractivity contribution in [1.82, 2.24) is 0 Å². The maximum atomic E-state index is 13.4. The molecule has 0 aromatic heterocycles. The van der Waals surface area contributed by atoms with Gasteiger partial charge in [-0.2, -0.15) is 0 Å². The normalized spacial score (nSPS) is 22.6. The van der Waals surface area contributed by atoms with Crippen molar-refractivity contribution in [2.24, 2.45) is 0 Å². The molecule has 0 N–H and O–H groups in total. The second kappa shape index (κ2) is 6.85. The molecule has 1 atom stereocenters. The fourth-order valence-corrected chi connectivity index (χ4v) is 3.66. The lowest BCUT2D eigenvalue weighted by atomic mass is 9.77. The van der Waals surface area contributed by atoms with E-state index in [1.165, 1.54) is 6.07 Å². The molecule has 0 spiro atoms. The molecule has 1 unspecified atom stereocenters. The Balaban J connectivity index is 1.47. The first-order valence-corrected chi connectivity index (χ1v) is 9.74. The van der Waals surface area contributed by atoms with Gasteiger partial charge in [0.15, 0.2) is 11.6 Å². The lowest BCUT2D eigenvalue weighted by Crippen LogP contribution is -2.41. The summed E-state index contributed by atoms with van der Waals surface area (Å²) >= 11 is 0. The highest BCUT2D eigenvalue weighted by atomic mass is 19.2. The van der Waals surface area contributed by atoms with Crippen molar-refractivity contribution in [3.05, 3.63) is 59.2 Å². The summed E-state index contributed by atoms with van der Waals surface area (Å²) in [6, 6.07) is 10.0. The van der Waals surface area contributed by atoms with Crippen molar-refractivity contribution >= 4 is 12.6 Å². The van der Waals surface area contributed by atoms with Gasteiger partial charge in [0.1, 0.15) is 11.9 Å². The minimum Gasteiger partial charge on any atom is -0.490 e. The van der Waals surface area contributed by atoms with E-state index in [-0.39, 0.29) is 17.3 Å². The molecule has 1 fully saturated rings. The van der Waals surface area contributed by atoms with Gasteiger partial charge in [0, 0.05) is 6.42 Å². The van der Waals surface area contributed by atoms with Gasteiger partial charge >= 0.3 is 7.12 Å². The van der Waals surface area contributed by atoms with Crippen LogP contribution in [0.15, 0.2) is 36.4 Å². The smallest absolute Gasteiger partial charge is 0.490 e. The molecule has 0 amide bonds. The Kier molecular flexibility index (Phi) is 4.75. The van der Waals surface area contributed by atoms with E-state index in [2.05, 4.69) is 6.07 Å². The zero-order chi connectivity index (χ0) is 20.1. The van der Waals surface area contributed by atoms with E-state index in [4.69, 9.17) is 14.0 Å². The molecule has 0 saturated carbocycles. The van der Waals surface area contributed by atoms with E-state index in [1.54, 1.807) is 6.07 Å². The summed E-state index contributed by atoms with van der Waals surface area (Å²) in [6.45, 7) is 8.16. The van der Waals surface area contributed by atoms with Gasteiger partial charge in [-0.1, -0.05) is 18.2 Å². The van der Waals surface area contributed by atoms with Gasteiger partial charge < -0.3 is 14.0 Å². The molecule has 28 heavy (non-hydrogen) atoms. The minimum atomic E-state index is -0.825. The van der Waals surface area contributed by atoms with Crippen molar-refractivity contribution in [1.29, 1.82) is 0 Å². The predicted octanol–water partition coefficient (Wildman–Crippen LogP) is 4.20. The summed E-state index contributed by atoms with van der Waals surface area (Å²) in [6.07, 6.45) is 2.17. The maximum Gasteiger partial charge on any atom is 0.494 e. The summed E-state index contributed by atoms with van der Waals surface area (Å²) in [5.74, 6) is -0.811. The van der Waals surface area contributed by atoms with Crippen molar-refractivity contribution in [3.63, 3.8) is 0 Å². The molecule has 0 radical (unpaired) electrons. The number of hydrogen-bond acceptors (Lipinski definition) is 3. The minimum absolute atomic E-state index is 0.0555. The molecule has 1 saturated heterocycles. The van der Waals surface area contributed by atoms with E-state index in [1.807, 2.05) is 39.8 Å². The number of aryl methyl sites for hydroxylation is 1. The lowest BCUT2D eigenvalue weighted by molar-refractivity contribution is 0.00578. The van der Waals surface area contributed by atoms with Gasteiger partial charge in [-0.15, -0.1) is 0 Å². The van der Waals surface area contributed by atoms with Crippen LogP contribution in [0.4, 0.5) is 8.78 Å². The molecule has 0 aliphatic carbocycles. The number of halogens is 2. The van der Waals surface area contributed by atoms with Crippen LogP contribution in [0.3, 0.4) is 0 Å². The summed E-state index contributed by atoms with van der Waals surface area (Å²) in [7, 11) is -0.393. The van der Waals surface area contributed by atoms with Crippen LogP contribution in [-0.4, -0.2) is 24.4 Å². The lowest BCUT2D eigenvalue weighted by Gasteiger charge is -2.32. The van der Waals surface area contributed by atoms with E-state index < -0.39 is 18.8 Å². The molecule has 2 aromatic rings. The first-order valence-electron chi connectivity index (χ1n) is 9.74. The van der Waals surface area contributed by atoms with Gasteiger partial charge in [0.25, 0.3) is 0 Å². The Hall–Kier alpha value is -1.92. The molecular weight excluding hydrogens is 361 g/mol. The molecule has 0 bridgehead atoms. The molecule has 4 rings (SSSR count). The van der Waals surface area contributed by atoms with Crippen molar-refractivity contribution < 1.29 is 22.8 Å². The van der Waals surface area contributed by atoms with Crippen molar-refractivity contribution in [2.45, 2.75) is 64.3 Å². The van der Waals surface area contributed by atoms with Crippen molar-refractivity contribution in [3.8, 4) is 5.75 Å². The van der Waals surface area contributed by atoms with E-state index >= 15 is 0 Å². The average Bonchev–Trinajstić information content (AvgIpc) is 2.85. The van der Waals surface area contributed by atoms with Gasteiger partial charge in [-0.05, 0) is 75.3 Å². The fraction of sp³-hybridized carbons (Fsp3) is 0.455. The number of rotatable bonds is 3. The zero-order valence-corrected chi connectivity index (χ0v) is 16.7. The number of fused-ring (bicyclic) bond motifs is 1. The molecule has 148 valence electrons. The second-order valence-electron chi connectivity index (χ2n) is 8.69. The number of hydrogen-bond donors (Lipinski definition) is 0. The van der Waals surface area contributed by atoms with Crippen molar-refractivity contribution in [2.75, 3.05) is 0 Å². The van der Waals surface area contributed by atoms with Crippen LogP contribution in [0.1, 0.15) is 45.2 Å². The highest BCUT2D eigenvalue weighted by Crippen LogP contribution is 2.37. The molecular formula is C22H25BF2O3. The van der Waals surface area contributed by atoms with Crippen LogP contribution < -0.4 is 10.2 Å². The van der Waals surface area contributed by atoms with E-state index in [0.29, 0.717) is 6.42 Å². The third-order valence-corrected chi connectivity index (χ3v) is 6.09. The van der Waals surface area contributed by atoms with Crippen LogP contribution >= 0.6 is 0 Å². The molecule has 3 nitrogen and oxygen atoms in total. The van der Waals surface area contributed by atoms with Gasteiger partial charge in [-0.25, -0.2) is 8.78 Å². The van der Waals surface area contributed by atoms with Crippen LogP contribution in [0, 0.1) is 11.6 Å². The Morgan fingerprint density at radius 3 is 2.36 bits per heavy atom. The summed E-state index contributed by atoms with van der Waals surface area (Å²) in [5, 5.41) is 0. The van der Waals surface area contributed by atoms with Gasteiger partial charge in [0.05, 0.1) is 11.2 Å². The molecule has 2 aliphatic heterocycles. The quantitative estimate of drug-likeness (QED) is 0.741. The standard InChI is InChI=1S/C22H25BF2O3/c1-21(2)22(3,4)28-23(27-21)16-7-10-20-15(13-16)6-8-17(26-20)11-14-5-9-18(24)19(25)12-14/h5,7,9-10,12-13,17H,6,8,11H2,1-4H3. The first-order chi connectivity index (χ1) is 13.1. The van der Waals surface area contributed by atoms with Crippen LogP contribution in [0.5, 0.6) is 5.75 Å². The fourth-order valence-electron chi connectivity index (χ4n) is 3.66. The van der Waals surface area contributed by atoms with Crippen LogP contribution in [0.2, 0.25) is 0 Å². The Morgan fingerprint density at radius 2 is 1.68 bits per heavy atom. The molecule has 2 aliphatic rings. The summed E-state index contributed by atoms with van der Waals surface area (Å²) < 4.78 is 44.9. The molecule has 2 heterocycles. The van der Waals surface area contributed by atoms with Gasteiger partial charge in [-0.3, -0.25) is 0 Å². The maximum absolute atomic E-state index is 13.4. The largest absolute Gasteiger partial charge is 0.494 e. The number of benzene rings is 2. The zero-order valence-electron chi connectivity index (χ0n) is 16.7. The topological polar surface area (TPSA) is 27.7 Å². The highest BCUT2D eigenvalue weighted by Gasteiger charge is 2.51. The monoisotopic (exact) mass is 386 g/mol. The molecule has 6 heteroatoms. The molecule has 2 aromatic carbocycles. The summed E-state index contributed by atoms with van der Waals surface area (Å²) in [5.41, 5.74) is 2.09. The Labute approximate surface area is 165 Å². The predicted molar refractivity (Wildman–Crippen MR) is 105 cm³/mol. The second-order valence-corrected chi connectivity index (χ2v) is 8.69. The van der Waals surface area contributed by atoms with E-state index in [9.17, 15) is 8.78 Å². The number of ether oxygens (including phenoxy) is 1. The van der Waals surface area contributed by atoms with Crippen LogP contribution in [-0.2, 0) is 22.2 Å². The highest BCUT2D eigenvalue weighted by molar-refractivity contribution is 6.62. The summed E-state index contributed by atoms with van der Waals surface area (Å²) in [4.78, 5) is 0. The average molecular weight is 386 g/mol. The SMILES string of the molecule is CC1(C)OB(c2ccc3c(c2)CCC(Cc2ccc(F)c(F)c2)O3)OC1(C)C. The first kappa shape index (κ1) is 19.4. The van der Waals surface area contributed by atoms with Crippen LogP contribution in [0.25, 0.3) is 0 Å². The Morgan fingerprint density at radius 1 is 0.964 bits per heavy atom. The third kappa shape index (κ3) is 3.56. The Bertz CT molecular complexity index is 881. The van der Waals surface area contributed by atoms with Gasteiger partial charge in [0.2, 0.25) is 0 Å². The third-order valence-electron chi connectivity index (χ3n) is 6.09.